The van der Waals surface area contributed by atoms with Crippen molar-refractivity contribution >= 4 is 23.5 Å². The van der Waals surface area contributed by atoms with Crippen LogP contribution < -0.4 is 0 Å². The topological polar surface area (TPSA) is 149 Å². The number of carbonyl (C=O) groups is 4. The second kappa shape index (κ2) is 6.87. The standard InChI is InChI=1S/C18H14O8/c19-13(11-7-3-1-4-8-11)17(25,15(21)22)18(26,16(23)24)14(20)12-9-5-2-6-10-12/h1-10,25-26H,(H,21,22)(H,23,24)/t17-,18?/m0/s1. The molecule has 0 aliphatic heterocycles. The van der Waals surface area contributed by atoms with E-state index in [2.05, 4.69) is 0 Å². The number of carbonyl (C=O) groups excluding carboxylic acids is 2. The molecular formula is C18H14O8. The Morgan fingerprint density at radius 1 is 0.577 bits per heavy atom. The minimum Gasteiger partial charge on any atom is -0.479 e. The van der Waals surface area contributed by atoms with Gasteiger partial charge in [-0.15, -0.1) is 0 Å². The maximum Gasteiger partial charge on any atom is 0.348 e. The fourth-order valence-electron chi connectivity index (χ4n) is 2.43. The average Bonchev–Trinajstić information content (AvgIpc) is 2.66. The minimum absolute atomic E-state index is 0.391. The van der Waals surface area contributed by atoms with E-state index in [0.29, 0.717) is 0 Å². The van der Waals surface area contributed by atoms with Crippen molar-refractivity contribution in [1.82, 2.24) is 0 Å². The highest BCUT2D eigenvalue weighted by molar-refractivity contribution is 6.28. The van der Waals surface area contributed by atoms with E-state index in [9.17, 15) is 39.6 Å². The summed E-state index contributed by atoms with van der Waals surface area (Å²) in [6.45, 7) is 0. The molecule has 0 amide bonds. The van der Waals surface area contributed by atoms with Crippen LogP contribution in [0.1, 0.15) is 20.7 Å². The summed E-state index contributed by atoms with van der Waals surface area (Å²) in [6.07, 6.45) is 0. The number of hydrogen-bond donors (Lipinski definition) is 4. The normalized spacial score (nSPS) is 15.3. The van der Waals surface area contributed by atoms with Gasteiger partial charge in [-0.1, -0.05) is 60.7 Å². The Bertz CT molecular complexity index is 788. The molecular weight excluding hydrogens is 344 g/mol. The summed E-state index contributed by atoms with van der Waals surface area (Å²) in [7, 11) is 0. The molecule has 8 nitrogen and oxygen atoms in total. The number of carboxylic acid groups (broad SMARTS) is 2. The lowest BCUT2D eigenvalue weighted by atomic mass is 9.73. The second-order valence-electron chi connectivity index (χ2n) is 5.42. The van der Waals surface area contributed by atoms with Gasteiger partial charge < -0.3 is 20.4 Å². The Balaban J connectivity index is 2.71. The third kappa shape index (κ3) is 2.77. The molecule has 4 N–H and O–H groups in total. The van der Waals surface area contributed by atoms with Gasteiger partial charge in [-0.3, -0.25) is 9.59 Å². The third-order valence-corrected chi connectivity index (χ3v) is 3.87. The first kappa shape index (κ1) is 19.0. The van der Waals surface area contributed by atoms with Crippen molar-refractivity contribution in [3.05, 3.63) is 71.8 Å². The molecule has 0 aromatic heterocycles. The quantitative estimate of drug-likeness (QED) is 0.410. The van der Waals surface area contributed by atoms with Gasteiger partial charge in [-0.2, -0.15) is 0 Å². The van der Waals surface area contributed by atoms with Gasteiger partial charge in [0.25, 0.3) is 11.2 Å². The molecule has 2 aromatic rings. The van der Waals surface area contributed by atoms with Gasteiger partial charge in [-0.05, 0) is 0 Å². The molecule has 8 heteroatoms. The molecule has 0 bridgehead atoms. The lowest BCUT2D eigenvalue weighted by Crippen LogP contribution is -2.71. The zero-order chi connectivity index (χ0) is 19.5. The number of rotatable bonds is 7. The highest BCUT2D eigenvalue weighted by atomic mass is 16.5. The lowest BCUT2D eigenvalue weighted by molar-refractivity contribution is -0.187. The van der Waals surface area contributed by atoms with Crippen molar-refractivity contribution in [2.45, 2.75) is 11.2 Å². The Kier molecular flexibility index (Phi) is 5.01. The molecule has 1 unspecified atom stereocenters. The molecule has 26 heavy (non-hydrogen) atoms. The van der Waals surface area contributed by atoms with Gasteiger partial charge in [0, 0.05) is 11.1 Å². The molecule has 0 spiro atoms. The maximum atomic E-state index is 12.6. The van der Waals surface area contributed by atoms with Crippen molar-refractivity contribution < 1.29 is 39.6 Å². The number of aliphatic carboxylic acids is 2. The number of carboxylic acids is 2. The molecule has 0 heterocycles. The Morgan fingerprint density at radius 2 is 0.846 bits per heavy atom. The van der Waals surface area contributed by atoms with Gasteiger partial charge >= 0.3 is 11.9 Å². The second-order valence-corrected chi connectivity index (χ2v) is 5.42. The number of aliphatic hydroxyl groups is 2. The smallest absolute Gasteiger partial charge is 0.348 e. The van der Waals surface area contributed by atoms with Crippen LogP contribution in [0.25, 0.3) is 0 Å². The largest absolute Gasteiger partial charge is 0.479 e. The lowest BCUT2D eigenvalue weighted by Gasteiger charge is -2.34. The highest BCUT2D eigenvalue weighted by Crippen LogP contribution is 2.31. The summed E-state index contributed by atoms with van der Waals surface area (Å²) in [5.74, 6) is -8.03. The SMILES string of the molecule is O=C(O)C(O)(C(=O)c1ccccc1)[C@@](O)(C(=O)O)C(=O)c1ccccc1. The number of ketones is 2. The summed E-state index contributed by atoms with van der Waals surface area (Å²) in [5.41, 5.74) is -8.68. The van der Waals surface area contributed by atoms with E-state index in [-0.39, 0.29) is 0 Å². The number of benzene rings is 2. The predicted octanol–water partition coefficient (Wildman–Crippen LogP) is 0.384. The first-order valence-corrected chi connectivity index (χ1v) is 7.28. The predicted molar refractivity (Wildman–Crippen MR) is 86.7 cm³/mol. The van der Waals surface area contributed by atoms with Crippen molar-refractivity contribution in [3.63, 3.8) is 0 Å². The van der Waals surface area contributed by atoms with Gasteiger partial charge in [0.05, 0.1) is 0 Å². The van der Waals surface area contributed by atoms with Crippen LogP contribution in [0.4, 0.5) is 0 Å². The maximum absolute atomic E-state index is 12.6. The highest BCUT2D eigenvalue weighted by Gasteiger charge is 2.69. The summed E-state index contributed by atoms with van der Waals surface area (Å²) in [5, 5.41) is 39.9. The van der Waals surface area contributed by atoms with E-state index in [1.807, 2.05) is 0 Å². The van der Waals surface area contributed by atoms with Gasteiger partial charge in [0.1, 0.15) is 0 Å². The van der Waals surface area contributed by atoms with Crippen molar-refractivity contribution in [2.24, 2.45) is 0 Å². The van der Waals surface area contributed by atoms with Crippen LogP contribution in [-0.2, 0) is 9.59 Å². The molecule has 2 aromatic carbocycles. The van der Waals surface area contributed by atoms with Crippen LogP contribution in [0.5, 0.6) is 0 Å². The molecule has 0 aliphatic rings. The van der Waals surface area contributed by atoms with Crippen molar-refractivity contribution in [2.75, 3.05) is 0 Å². The zero-order valence-corrected chi connectivity index (χ0v) is 13.2. The van der Waals surface area contributed by atoms with Crippen LogP contribution in [0, 0.1) is 0 Å². The van der Waals surface area contributed by atoms with Gasteiger partial charge in [-0.25, -0.2) is 9.59 Å². The van der Waals surface area contributed by atoms with Crippen LogP contribution in [0.15, 0.2) is 60.7 Å². The minimum atomic E-state index is -3.95. The van der Waals surface area contributed by atoms with Crippen molar-refractivity contribution in [3.8, 4) is 0 Å². The Hall–Kier alpha value is -3.36. The van der Waals surface area contributed by atoms with Crippen molar-refractivity contribution in [1.29, 1.82) is 0 Å². The van der Waals surface area contributed by atoms with E-state index in [4.69, 9.17) is 0 Å². The summed E-state index contributed by atoms with van der Waals surface area (Å²) < 4.78 is 0. The van der Waals surface area contributed by atoms with E-state index in [0.717, 1.165) is 24.3 Å². The van der Waals surface area contributed by atoms with Crippen LogP contribution in [0.2, 0.25) is 0 Å². The monoisotopic (exact) mass is 358 g/mol. The van der Waals surface area contributed by atoms with E-state index in [1.165, 1.54) is 36.4 Å². The third-order valence-electron chi connectivity index (χ3n) is 3.87. The van der Waals surface area contributed by atoms with Crippen LogP contribution in [0.3, 0.4) is 0 Å². The molecule has 0 aliphatic carbocycles. The molecule has 2 atom stereocenters. The summed E-state index contributed by atoms with van der Waals surface area (Å²) >= 11 is 0. The Morgan fingerprint density at radius 3 is 1.08 bits per heavy atom. The average molecular weight is 358 g/mol. The fourth-order valence-corrected chi connectivity index (χ4v) is 2.43. The van der Waals surface area contributed by atoms with Crippen LogP contribution >= 0.6 is 0 Å². The van der Waals surface area contributed by atoms with Crippen LogP contribution in [-0.4, -0.2) is 55.1 Å². The summed E-state index contributed by atoms with van der Waals surface area (Å²) in [6, 6.07) is 12.8. The van der Waals surface area contributed by atoms with Gasteiger partial charge in [0.15, 0.2) is 0 Å². The molecule has 0 fully saturated rings. The molecule has 0 radical (unpaired) electrons. The first-order chi connectivity index (χ1) is 12.2. The summed E-state index contributed by atoms with van der Waals surface area (Å²) in [4.78, 5) is 48.5. The van der Waals surface area contributed by atoms with E-state index in [1.54, 1.807) is 0 Å². The Labute approximate surface area is 147 Å². The zero-order valence-electron chi connectivity index (χ0n) is 13.2. The van der Waals surface area contributed by atoms with E-state index < -0.39 is 45.8 Å². The number of hydrogen-bond acceptors (Lipinski definition) is 6. The first-order valence-electron chi connectivity index (χ1n) is 7.28. The molecule has 2 rings (SSSR count). The molecule has 0 saturated heterocycles. The molecule has 134 valence electrons. The molecule has 0 saturated carbocycles. The van der Waals surface area contributed by atoms with Gasteiger partial charge in [0.2, 0.25) is 11.6 Å². The fraction of sp³-hybridized carbons (Fsp3) is 0.111. The van der Waals surface area contributed by atoms with E-state index >= 15 is 0 Å². The number of Topliss-reactive ketones (excluding diaryl/α,β-unsaturated/α-hetero) is 2.